The normalized spacial score (nSPS) is 21.6. The smallest absolute Gasteiger partial charge is 0.244 e. The van der Waals surface area contributed by atoms with E-state index in [1.54, 1.807) is 15.8 Å². The summed E-state index contributed by atoms with van der Waals surface area (Å²) in [6, 6.07) is 1.68. The highest BCUT2D eigenvalue weighted by Crippen LogP contribution is 2.30. The fraction of sp³-hybridized carbons (Fsp3) is 0.667. The van der Waals surface area contributed by atoms with Crippen molar-refractivity contribution in [3.63, 3.8) is 0 Å². The molecule has 1 aliphatic heterocycles. The molecule has 1 unspecified atom stereocenters. The van der Waals surface area contributed by atoms with E-state index < -0.39 is 10.0 Å². The largest absolute Gasteiger partial charge is 0.326 e. The maximum Gasteiger partial charge on any atom is 0.244 e. The lowest BCUT2D eigenvalue weighted by Gasteiger charge is -2.16. The van der Waals surface area contributed by atoms with Crippen molar-refractivity contribution in [2.75, 3.05) is 13.1 Å². The Morgan fingerprint density at radius 1 is 1.56 bits per heavy atom. The standard InChI is InChI=1S/C12H20N2O2S2/c1-2-3-10-4-6-14(9-10)18(15,16)12-5-7-17-11(12)8-13/h5,7,10H,2-4,6,8-9,13H2,1H3. The zero-order valence-corrected chi connectivity index (χ0v) is 12.3. The van der Waals surface area contributed by atoms with E-state index in [1.165, 1.54) is 11.3 Å². The lowest BCUT2D eigenvalue weighted by molar-refractivity contribution is 0.444. The molecule has 1 atom stereocenters. The summed E-state index contributed by atoms with van der Waals surface area (Å²) in [6.45, 7) is 3.74. The Morgan fingerprint density at radius 3 is 3.00 bits per heavy atom. The van der Waals surface area contributed by atoms with E-state index in [0.29, 0.717) is 30.4 Å². The molecule has 4 nitrogen and oxygen atoms in total. The number of thiophene rings is 1. The number of nitrogens with two attached hydrogens (primary N) is 1. The maximum absolute atomic E-state index is 12.5. The average molecular weight is 288 g/mol. The highest BCUT2D eigenvalue weighted by Gasteiger charge is 2.33. The molecular weight excluding hydrogens is 268 g/mol. The van der Waals surface area contributed by atoms with Gasteiger partial charge < -0.3 is 5.73 Å². The summed E-state index contributed by atoms with van der Waals surface area (Å²) in [6.07, 6.45) is 3.21. The van der Waals surface area contributed by atoms with Crippen LogP contribution in [0, 0.1) is 5.92 Å². The van der Waals surface area contributed by atoms with Crippen LogP contribution in [0.1, 0.15) is 31.1 Å². The Bertz CT molecular complexity index is 496. The van der Waals surface area contributed by atoms with Gasteiger partial charge in [-0.3, -0.25) is 0 Å². The Kier molecular flexibility index (Phi) is 4.42. The van der Waals surface area contributed by atoms with Gasteiger partial charge in [-0.05, 0) is 30.2 Å². The third-order valence-corrected chi connectivity index (χ3v) is 6.48. The highest BCUT2D eigenvalue weighted by molar-refractivity contribution is 7.89. The number of rotatable bonds is 5. The lowest BCUT2D eigenvalue weighted by atomic mass is 10.0. The quantitative estimate of drug-likeness (QED) is 0.901. The van der Waals surface area contributed by atoms with Gasteiger partial charge in [0.2, 0.25) is 10.0 Å². The van der Waals surface area contributed by atoms with Gasteiger partial charge in [-0.25, -0.2) is 8.42 Å². The molecule has 0 amide bonds. The summed E-state index contributed by atoms with van der Waals surface area (Å²) >= 11 is 1.42. The molecule has 2 N–H and O–H groups in total. The molecule has 0 spiro atoms. The van der Waals surface area contributed by atoms with Gasteiger partial charge in [-0.1, -0.05) is 13.3 Å². The van der Waals surface area contributed by atoms with Crippen LogP contribution in [0.25, 0.3) is 0 Å². The molecule has 6 heteroatoms. The minimum atomic E-state index is -3.33. The Labute approximate surface area is 113 Å². The number of sulfonamides is 1. The molecule has 2 heterocycles. The van der Waals surface area contributed by atoms with E-state index in [2.05, 4.69) is 6.92 Å². The molecule has 1 aliphatic rings. The Morgan fingerprint density at radius 2 is 2.33 bits per heavy atom. The summed E-state index contributed by atoms with van der Waals surface area (Å²) in [5.41, 5.74) is 5.59. The second-order valence-corrected chi connectivity index (χ2v) is 7.63. The summed E-state index contributed by atoms with van der Waals surface area (Å²) < 4.78 is 26.6. The van der Waals surface area contributed by atoms with Gasteiger partial charge in [0.05, 0.1) is 4.90 Å². The molecule has 1 aromatic heterocycles. The van der Waals surface area contributed by atoms with E-state index >= 15 is 0 Å². The number of hydrogen-bond acceptors (Lipinski definition) is 4. The summed E-state index contributed by atoms with van der Waals surface area (Å²) in [4.78, 5) is 1.17. The van der Waals surface area contributed by atoms with Crippen LogP contribution in [-0.2, 0) is 16.6 Å². The van der Waals surface area contributed by atoms with Gasteiger partial charge in [-0.2, -0.15) is 4.31 Å². The van der Waals surface area contributed by atoms with Crippen molar-refractivity contribution >= 4 is 21.4 Å². The zero-order chi connectivity index (χ0) is 13.2. The van der Waals surface area contributed by atoms with E-state index in [0.717, 1.165) is 24.1 Å². The molecule has 2 rings (SSSR count). The van der Waals surface area contributed by atoms with Crippen molar-refractivity contribution < 1.29 is 8.42 Å². The van der Waals surface area contributed by atoms with Crippen molar-refractivity contribution in [3.05, 3.63) is 16.3 Å². The fourth-order valence-electron chi connectivity index (χ4n) is 2.51. The zero-order valence-electron chi connectivity index (χ0n) is 10.6. The predicted octanol–water partition coefficient (Wildman–Crippen LogP) is 2.02. The predicted molar refractivity (Wildman–Crippen MR) is 74.0 cm³/mol. The molecule has 1 saturated heterocycles. The molecule has 0 aliphatic carbocycles. The van der Waals surface area contributed by atoms with Crippen LogP contribution in [0.4, 0.5) is 0 Å². The molecule has 0 aromatic carbocycles. The van der Waals surface area contributed by atoms with Gasteiger partial charge in [0, 0.05) is 24.5 Å². The van der Waals surface area contributed by atoms with E-state index in [4.69, 9.17) is 5.73 Å². The molecule has 0 saturated carbocycles. The first-order chi connectivity index (χ1) is 8.59. The van der Waals surface area contributed by atoms with Crippen LogP contribution in [0.3, 0.4) is 0 Å². The third kappa shape index (κ3) is 2.61. The maximum atomic E-state index is 12.5. The third-order valence-electron chi connectivity index (χ3n) is 3.45. The van der Waals surface area contributed by atoms with Gasteiger partial charge in [-0.15, -0.1) is 11.3 Å². The van der Waals surface area contributed by atoms with E-state index in [9.17, 15) is 8.42 Å². The summed E-state index contributed by atoms with van der Waals surface area (Å²) in [7, 11) is -3.33. The SMILES string of the molecule is CCCC1CCN(S(=O)(=O)c2ccsc2CN)C1. The molecule has 102 valence electrons. The molecule has 1 fully saturated rings. The van der Waals surface area contributed by atoms with Crippen molar-refractivity contribution in [3.8, 4) is 0 Å². The first-order valence-electron chi connectivity index (χ1n) is 6.36. The van der Waals surface area contributed by atoms with Gasteiger partial charge in [0.25, 0.3) is 0 Å². The van der Waals surface area contributed by atoms with Crippen LogP contribution < -0.4 is 5.73 Å². The highest BCUT2D eigenvalue weighted by atomic mass is 32.2. The molecule has 0 radical (unpaired) electrons. The molecular formula is C12H20N2O2S2. The van der Waals surface area contributed by atoms with E-state index in [1.807, 2.05) is 0 Å². The van der Waals surface area contributed by atoms with Crippen LogP contribution in [0.2, 0.25) is 0 Å². The van der Waals surface area contributed by atoms with Gasteiger partial charge in [0.1, 0.15) is 0 Å². The second-order valence-electron chi connectivity index (χ2n) is 4.72. The molecule has 0 bridgehead atoms. The average Bonchev–Trinajstić information content (AvgIpc) is 2.97. The van der Waals surface area contributed by atoms with Crippen molar-refractivity contribution in [1.29, 1.82) is 0 Å². The Balaban J connectivity index is 2.18. The van der Waals surface area contributed by atoms with Gasteiger partial charge >= 0.3 is 0 Å². The van der Waals surface area contributed by atoms with Crippen LogP contribution in [0.15, 0.2) is 16.3 Å². The summed E-state index contributed by atoms with van der Waals surface area (Å²) in [5.74, 6) is 0.518. The topological polar surface area (TPSA) is 63.4 Å². The lowest BCUT2D eigenvalue weighted by Crippen LogP contribution is -2.29. The van der Waals surface area contributed by atoms with Gasteiger partial charge in [0.15, 0.2) is 0 Å². The number of hydrogen-bond donors (Lipinski definition) is 1. The van der Waals surface area contributed by atoms with Crippen molar-refractivity contribution in [2.45, 2.75) is 37.6 Å². The van der Waals surface area contributed by atoms with Crippen LogP contribution in [0.5, 0.6) is 0 Å². The molecule has 1 aromatic rings. The minimum Gasteiger partial charge on any atom is -0.326 e. The second kappa shape index (κ2) is 5.69. The first-order valence-corrected chi connectivity index (χ1v) is 8.68. The fourth-order valence-corrected chi connectivity index (χ4v) is 5.34. The van der Waals surface area contributed by atoms with Crippen molar-refractivity contribution in [2.24, 2.45) is 11.7 Å². The summed E-state index contributed by atoms with van der Waals surface area (Å²) in [5, 5.41) is 1.80. The van der Waals surface area contributed by atoms with Crippen molar-refractivity contribution in [1.82, 2.24) is 4.31 Å². The minimum absolute atomic E-state index is 0.290. The number of nitrogens with zero attached hydrogens (tertiary/aromatic N) is 1. The Hall–Kier alpha value is -0.430. The first kappa shape index (κ1) is 14.0. The van der Waals surface area contributed by atoms with E-state index in [-0.39, 0.29) is 0 Å². The van der Waals surface area contributed by atoms with Crippen LogP contribution in [-0.4, -0.2) is 25.8 Å². The monoisotopic (exact) mass is 288 g/mol. The molecule has 18 heavy (non-hydrogen) atoms. The van der Waals surface area contributed by atoms with Crippen LogP contribution >= 0.6 is 11.3 Å².